The van der Waals surface area contributed by atoms with Crippen molar-refractivity contribution in [2.45, 2.75) is 24.3 Å². The number of benzene rings is 2. The molecule has 30 heavy (non-hydrogen) atoms. The fraction of sp³-hybridized carbons (Fsp3) is 0.364. The number of nitrogens with one attached hydrogen (secondary N) is 1. The van der Waals surface area contributed by atoms with Crippen molar-refractivity contribution in [3.8, 4) is 0 Å². The van der Waals surface area contributed by atoms with Gasteiger partial charge in [0.1, 0.15) is 11.6 Å². The Labute approximate surface area is 177 Å². The summed E-state index contributed by atoms with van der Waals surface area (Å²) in [6.45, 7) is 3.74. The highest BCUT2D eigenvalue weighted by atomic mass is 32.2. The molecule has 8 heteroatoms. The zero-order valence-electron chi connectivity index (χ0n) is 16.6. The van der Waals surface area contributed by atoms with Crippen LogP contribution in [0.5, 0.6) is 0 Å². The molecular weight excluding hydrogens is 405 g/mol. The Morgan fingerprint density at radius 2 is 1.83 bits per heavy atom. The first kappa shape index (κ1) is 20.7. The highest BCUT2D eigenvalue weighted by Gasteiger charge is 2.30. The van der Waals surface area contributed by atoms with Crippen molar-refractivity contribution in [2.24, 2.45) is 0 Å². The molecule has 0 unspecified atom stereocenters. The van der Waals surface area contributed by atoms with Gasteiger partial charge in [0, 0.05) is 18.7 Å². The van der Waals surface area contributed by atoms with Crippen LogP contribution in [0.2, 0.25) is 0 Å². The maximum atomic E-state index is 13.2. The van der Waals surface area contributed by atoms with Gasteiger partial charge in [0.05, 0.1) is 27.9 Å². The summed E-state index contributed by atoms with van der Waals surface area (Å²) in [7, 11) is -1.45. The summed E-state index contributed by atoms with van der Waals surface area (Å²) in [6.07, 6.45) is 2.40. The Morgan fingerprint density at radius 1 is 1.10 bits per heavy atom. The highest BCUT2D eigenvalue weighted by Crippen LogP contribution is 2.31. The Hall–Kier alpha value is -2.58. The lowest BCUT2D eigenvalue weighted by molar-refractivity contribution is -0.116. The smallest absolute Gasteiger partial charge is 0.251 e. The normalized spacial score (nSPS) is 19.0. The summed E-state index contributed by atoms with van der Waals surface area (Å²) >= 11 is 0. The molecule has 4 rings (SSSR count). The van der Waals surface area contributed by atoms with Crippen molar-refractivity contribution in [3.63, 3.8) is 0 Å². The molecule has 2 aliphatic rings. The molecule has 0 saturated carbocycles. The van der Waals surface area contributed by atoms with Gasteiger partial charge in [0.2, 0.25) is 5.91 Å². The van der Waals surface area contributed by atoms with Gasteiger partial charge < -0.3 is 15.1 Å². The summed E-state index contributed by atoms with van der Waals surface area (Å²) in [6, 6.07) is 10.8. The van der Waals surface area contributed by atoms with Crippen LogP contribution in [-0.2, 0) is 22.1 Å². The van der Waals surface area contributed by atoms with Crippen LogP contribution in [0, 0.1) is 5.82 Å². The van der Waals surface area contributed by atoms with Gasteiger partial charge >= 0.3 is 0 Å². The number of likely N-dealkylation sites (tertiary alicyclic amines) is 1. The Kier molecular flexibility index (Phi) is 6.24. The minimum atomic E-state index is -1.45. The summed E-state index contributed by atoms with van der Waals surface area (Å²) in [5, 5.41) is 2.92. The van der Waals surface area contributed by atoms with E-state index >= 15 is 0 Å². The minimum Gasteiger partial charge on any atom is -0.351 e. The molecule has 1 atom stereocenters. The van der Waals surface area contributed by atoms with Crippen molar-refractivity contribution < 1.29 is 18.2 Å². The number of fused-ring (bicyclic) bond motifs is 1. The molecular formula is C22H24FN3O3S. The first-order valence-electron chi connectivity index (χ1n) is 10.1. The third-order valence-electron chi connectivity index (χ3n) is 5.48. The number of amides is 2. The van der Waals surface area contributed by atoms with Gasteiger partial charge in [0.25, 0.3) is 5.91 Å². The van der Waals surface area contributed by atoms with E-state index < -0.39 is 10.8 Å². The van der Waals surface area contributed by atoms with Crippen LogP contribution in [-0.4, -0.2) is 52.9 Å². The average molecular weight is 430 g/mol. The number of nitrogens with zero attached hydrogens (tertiary/aromatic N) is 2. The zero-order chi connectivity index (χ0) is 21.1. The molecule has 1 fully saturated rings. The first-order chi connectivity index (χ1) is 14.5. The predicted molar refractivity (Wildman–Crippen MR) is 113 cm³/mol. The van der Waals surface area contributed by atoms with E-state index in [0.717, 1.165) is 25.2 Å². The van der Waals surface area contributed by atoms with E-state index in [-0.39, 0.29) is 29.9 Å². The molecule has 0 radical (unpaired) electrons. The van der Waals surface area contributed by atoms with E-state index in [9.17, 15) is 18.2 Å². The number of hydrogen-bond acceptors (Lipinski definition) is 4. The quantitative estimate of drug-likeness (QED) is 0.765. The summed E-state index contributed by atoms with van der Waals surface area (Å²) in [4.78, 5) is 29.6. The zero-order valence-corrected chi connectivity index (χ0v) is 17.4. The molecule has 0 aliphatic carbocycles. The van der Waals surface area contributed by atoms with Crippen LogP contribution in [0.3, 0.4) is 0 Å². The van der Waals surface area contributed by atoms with Gasteiger partial charge in [-0.3, -0.25) is 13.8 Å². The molecule has 1 saturated heterocycles. The third-order valence-corrected chi connectivity index (χ3v) is 6.82. The van der Waals surface area contributed by atoms with Gasteiger partial charge in [-0.2, -0.15) is 0 Å². The topological polar surface area (TPSA) is 69.7 Å². The van der Waals surface area contributed by atoms with Crippen molar-refractivity contribution >= 4 is 28.3 Å². The molecule has 2 aromatic rings. The van der Waals surface area contributed by atoms with E-state index in [1.54, 1.807) is 30.3 Å². The number of carbonyl (C=O) groups is 2. The molecule has 1 N–H and O–H groups in total. The lowest BCUT2D eigenvalue weighted by Gasteiger charge is -2.29. The lowest BCUT2D eigenvalue weighted by Crippen LogP contribution is -2.39. The van der Waals surface area contributed by atoms with Crippen LogP contribution >= 0.6 is 0 Å². The van der Waals surface area contributed by atoms with Crippen molar-refractivity contribution in [1.82, 2.24) is 10.2 Å². The molecule has 2 aliphatic heterocycles. The highest BCUT2D eigenvalue weighted by molar-refractivity contribution is 7.86. The molecule has 2 heterocycles. The standard InChI is InChI=1S/C22H24FN3O3S/c23-18-6-3-16(4-7-18)14-26-19-13-17(5-8-20(19)30(29)15-21(26)27)22(28)24-9-12-25-10-1-2-11-25/h3-8,13H,1-2,9-12,14-15H2,(H,24,28)/t30-/m0/s1. The van der Waals surface area contributed by atoms with E-state index in [0.29, 0.717) is 22.7 Å². The minimum absolute atomic E-state index is 0.102. The molecule has 158 valence electrons. The molecule has 0 spiro atoms. The third kappa shape index (κ3) is 4.60. The largest absolute Gasteiger partial charge is 0.351 e. The number of anilines is 1. The van der Waals surface area contributed by atoms with Gasteiger partial charge in [-0.05, 0) is 61.8 Å². The molecule has 0 bridgehead atoms. The van der Waals surface area contributed by atoms with Crippen LogP contribution in [0.15, 0.2) is 47.4 Å². The van der Waals surface area contributed by atoms with E-state index in [1.807, 2.05) is 0 Å². The molecule has 0 aromatic heterocycles. The van der Waals surface area contributed by atoms with Gasteiger partial charge in [-0.25, -0.2) is 4.39 Å². The van der Waals surface area contributed by atoms with Crippen molar-refractivity contribution in [2.75, 3.05) is 36.8 Å². The second-order valence-corrected chi connectivity index (χ2v) is 9.00. The van der Waals surface area contributed by atoms with Crippen LogP contribution < -0.4 is 10.2 Å². The van der Waals surface area contributed by atoms with E-state index in [2.05, 4.69) is 10.2 Å². The first-order valence-corrected chi connectivity index (χ1v) is 11.4. The number of rotatable bonds is 6. The van der Waals surface area contributed by atoms with E-state index in [1.165, 1.54) is 29.9 Å². The predicted octanol–water partition coefficient (Wildman–Crippen LogP) is 2.31. The Morgan fingerprint density at radius 3 is 2.57 bits per heavy atom. The van der Waals surface area contributed by atoms with Gasteiger partial charge in [0.15, 0.2) is 0 Å². The van der Waals surface area contributed by atoms with Crippen LogP contribution in [0.1, 0.15) is 28.8 Å². The monoisotopic (exact) mass is 429 g/mol. The molecule has 6 nitrogen and oxygen atoms in total. The average Bonchev–Trinajstić information content (AvgIpc) is 3.25. The van der Waals surface area contributed by atoms with E-state index in [4.69, 9.17) is 0 Å². The van der Waals surface area contributed by atoms with Gasteiger partial charge in [-0.1, -0.05) is 12.1 Å². The summed E-state index contributed by atoms with van der Waals surface area (Å²) in [5.74, 6) is -0.951. The summed E-state index contributed by atoms with van der Waals surface area (Å²) in [5.41, 5.74) is 1.65. The van der Waals surface area contributed by atoms with Crippen LogP contribution in [0.25, 0.3) is 0 Å². The Bertz CT molecular complexity index is 974. The number of halogens is 1. The van der Waals surface area contributed by atoms with Gasteiger partial charge in [-0.15, -0.1) is 0 Å². The fourth-order valence-corrected chi connectivity index (χ4v) is 5.00. The second kappa shape index (κ2) is 9.06. The summed E-state index contributed by atoms with van der Waals surface area (Å²) < 4.78 is 25.7. The number of hydrogen-bond donors (Lipinski definition) is 1. The second-order valence-electron chi connectivity index (χ2n) is 7.58. The SMILES string of the molecule is O=C(NCCN1CCCC1)c1ccc2c(c1)N(Cc1ccc(F)cc1)C(=O)C[S@@]2=O. The number of carbonyl (C=O) groups excluding carboxylic acids is 2. The maximum Gasteiger partial charge on any atom is 0.251 e. The molecule has 2 amide bonds. The Balaban J connectivity index is 1.52. The maximum absolute atomic E-state index is 13.2. The molecule has 2 aromatic carbocycles. The van der Waals surface area contributed by atoms with Crippen molar-refractivity contribution in [3.05, 3.63) is 59.4 Å². The lowest BCUT2D eigenvalue weighted by atomic mass is 10.1. The van der Waals surface area contributed by atoms with Crippen LogP contribution in [0.4, 0.5) is 10.1 Å². The fourth-order valence-electron chi connectivity index (χ4n) is 3.85. The van der Waals surface area contributed by atoms with Crippen molar-refractivity contribution in [1.29, 1.82) is 0 Å².